The molecule has 6 nitrogen and oxygen atoms in total. The maximum absolute atomic E-state index is 12.6. The predicted molar refractivity (Wildman–Crippen MR) is 99.2 cm³/mol. The van der Waals surface area contributed by atoms with E-state index in [4.69, 9.17) is 11.6 Å². The topological polar surface area (TPSA) is 69.7 Å². The van der Waals surface area contributed by atoms with Crippen molar-refractivity contribution in [3.8, 4) is 0 Å². The number of hydrogen-bond acceptors (Lipinski definition) is 4. The second-order valence-electron chi connectivity index (χ2n) is 6.39. The summed E-state index contributed by atoms with van der Waals surface area (Å²) in [5.74, 6) is -0.00467. The van der Waals surface area contributed by atoms with Crippen LogP contribution in [0.2, 0.25) is 5.02 Å². The van der Waals surface area contributed by atoms with Gasteiger partial charge >= 0.3 is 0 Å². The van der Waals surface area contributed by atoms with Gasteiger partial charge in [-0.2, -0.15) is 4.31 Å². The summed E-state index contributed by atoms with van der Waals surface area (Å²) in [5, 5.41) is 3.48. The highest BCUT2D eigenvalue weighted by Gasteiger charge is 2.29. The molecule has 0 aromatic heterocycles. The van der Waals surface area contributed by atoms with Crippen molar-refractivity contribution >= 4 is 27.5 Å². The maximum atomic E-state index is 12.6. The Hall–Kier alpha value is -1.15. The number of carbonyl (C=O) groups excluding carboxylic acids is 1. The molecule has 1 heterocycles. The zero-order valence-electron chi connectivity index (χ0n) is 14.7. The Kier molecular flexibility index (Phi) is 7.25. The van der Waals surface area contributed by atoms with E-state index >= 15 is 0 Å². The average Bonchev–Trinajstić information content (AvgIpc) is 2.55. The molecule has 1 atom stereocenters. The van der Waals surface area contributed by atoms with E-state index in [1.54, 1.807) is 12.1 Å². The van der Waals surface area contributed by atoms with Gasteiger partial charge in [-0.15, -0.1) is 0 Å². The molecular formula is C17H26ClN3O3S. The molecule has 1 N–H and O–H groups in total. The van der Waals surface area contributed by atoms with E-state index in [1.165, 1.54) is 16.4 Å². The SMILES string of the molecule is CCC[C@@H](C)NC(=O)CN1CCN(S(=O)(=O)c2ccc(Cl)cc2)CC1. The number of sulfonamides is 1. The van der Waals surface area contributed by atoms with Crippen molar-refractivity contribution in [3.63, 3.8) is 0 Å². The molecule has 1 saturated heterocycles. The molecule has 0 radical (unpaired) electrons. The molecule has 2 rings (SSSR count). The van der Waals surface area contributed by atoms with Crippen LogP contribution in [-0.4, -0.2) is 62.3 Å². The maximum Gasteiger partial charge on any atom is 0.243 e. The lowest BCUT2D eigenvalue weighted by Crippen LogP contribution is -2.51. The second-order valence-corrected chi connectivity index (χ2v) is 8.77. The van der Waals surface area contributed by atoms with Gasteiger partial charge in [0.15, 0.2) is 0 Å². The van der Waals surface area contributed by atoms with Crippen molar-refractivity contribution < 1.29 is 13.2 Å². The number of hydrogen-bond donors (Lipinski definition) is 1. The molecule has 140 valence electrons. The van der Waals surface area contributed by atoms with Crippen LogP contribution in [0.25, 0.3) is 0 Å². The highest BCUT2D eigenvalue weighted by atomic mass is 35.5. The van der Waals surface area contributed by atoms with Gasteiger partial charge in [-0.3, -0.25) is 9.69 Å². The summed E-state index contributed by atoms with van der Waals surface area (Å²) < 4.78 is 26.7. The zero-order valence-corrected chi connectivity index (χ0v) is 16.3. The summed E-state index contributed by atoms with van der Waals surface area (Å²) in [6.45, 7) is 6.24. The fraction of sp³-hybridized carbons (Fsp3) is 0.588. The van der Waals surface area contributed by atoms with Gasteiger partial charge in [-0.1, -0.05) is 24.9 Å². The molecule has 1 fully saturated rings. The van der Waals surface area contributed by atoms with E-state index in [2.05, 4.69) is 12.2 Å². The molecule has 8 heteroatoms. The molecule has 1 aromatic carbocycles. The number of benzene rings is 1. The fourth-order valence-electron chi connectivity index (χ4n) is 2.91. The summed E-state index contributed by atoms with van der Waals surface area (Å²) in [6, 6.07) is 6.36. The number of piperazine rings is 1. The third kappa shape index (κ3) is 5.67. The van der Waals surface area contributed by atoms with Crippen LogP contribution < -0.4 is 5.32 Å². The molecule has 0 aliphatic carbocycles. The van der Waals surface area contributed by atoms with Crippen LogP contribution in [0.3, 0.4) is 0 Å². The van der Waals surface area contributed by atoms with Crippen LogP contribution >= 0.6 is 11.6 Å². The fourth-order valence-corrected chi connectivity index (χ4v) is 4.46. The monoisotopic (exact) mass is 387 g/mol. The molecule has 0 saturated carbocycles. The van der Waals surface area contributed by atoms with Gasteiger partial charge in [0.25, 0.3) is 0 Å². The van der Waals surface area contributed by atoms with Gasteiger partial charge in [0, 0.05) is 37.2 Å². The third-order valence-electron chi connectivity index (χ3n) is 4.28. The minimum atomic E-state index is -3.51. The van der Waals surface area contributed by atoms with E-state index in [0.717, 1.165) is 12.8 Å². The van der Waals surface area contributed by atoms with Crippen LogP contribution in [-0.2, 0) is 14.8 Å². The van der Waals surface area contributed by atoms with E-state index in [-0.39, 0.29) is 16.8 Å². The number of carbonyl (C=O) groups is 1. The minimum absolute atomic E-state index is 0.00467. The largest absolute Gasteiger partial charge is 0.353 e. The zero-order chi connectivity index (χ0) is 18.4. The van der Waals surface area contributed by atoms with Crippen molar-refractivity contribution in [2.24, 2.45) is 0 Å². The van der Waals surface area contributed by atoms with E-state index < -0.39 is 10.0 Å². The molecule has 0 bridgehead atoms. The van der Waals surface area contributed by atoms with Crippen LogP contribution in [0.1, 0.15) is 26.7 Å². The Bertz CT molecular complexity index is 671. The normalized spacial score (nSPS) is 18.0. The first kappa shape index (κ1) is 20.2. The quantitative estimate of drug-likeness (QED) is 0.776. The van der Waals surface area contributed by atoms with Gasteiger partial charge < -0.3 is 5.32 Å². The first-order valence-corrected chi connectivity index (χ1v) is 10.4. The van der Waals surface area contributed by atoms with E-state index in [0.29, 0.717) is 37.7 Å². The van der Waals surface area contributed by atoms with Crippen LogP contribution in [0.4, 0.5) is 0 Å². The lowest BCUT2D eigenvalue weighted by atomic mass is 10.2. The van der Waals surface area contributed by atoms with Crippen LogP contribution in [0.5, 0.6) is 0 Å². The van der Waals surface area contributed by atoms with Crippen molar-refractivity contribution in [1.29, 1.82) is 0 Å². The standard InChI is InChI=1S/C17H26ClN3O3S/c1-3-4-14(2)19-17(22)13-20-9-11-21(12-10-20)25(23,24)16-7-5-15(18)6-8-16/h5-8,14H,3-4,9-13H2,1-2H3,(H,19,22)/t14-/m1/s1. The minimum Gasteiger partial charge on any atom is -0.353 e. The first-order valence-electron chi connectivity index (χ1n) is 8.60. The van der Waals surface area contributed by atoms with E-state index in [1.807, 2.05) is 11.8 Å². The molecule has 1 aliphatic rings. The summed E-state index contributed by atoms with van der Waals surface area (Å²) >= 11 is 5.82. The Balaban J connectivity index is 1.86. The molecule has 25 heavy (non-hydrogen) atoms. The van der Waals surface area contributed by atoms with Crippen LogP contribution in [0, 0.1) is 0 Å². The van der Waals surface area contributed by atoms with Gasteiger partial charge in [-0.25, -0.2) is 8.42 Å². The number of nitrogens with one attached hydrogen (secondary N) is 1. The lowest BCUT2D eigenvalue weighted by Gasteiger charge is -2.33. The highest BCUT2D eigenvalue weighted by molar-refractivity contribution is 7.89. The third-order valence-corrected chi connectivity index (χ3v) is 6.44. The molecule has 1 amide bonds. The molecule has 1 aliphatic heterocycles. The van der Waals surface area contributed by atoms with Gasteiger partial charge in [0.1, 0.15) is 0 Å². The Morgan fingerprint density at radius 2 is 1.80 bits per heavy atom. The van der Waals surface area contributed by atoms with Crippen molar-refractivity contribution in [2.45, 2.75) is 37.6 Å². The Morgan fingerprint density at radius 1 is 1.20 bits per heavy atom. The molecule has 0 unspecified atom stereocenters. The summed E-state index contributed by atoms with van der Waals surface area (Å²) in [4.78, 5) is 14.3. The smallest absolute Gasteiger partial charge is 0.243 e. The lowest BCUT2D eigenvalue weighted by molar-refractivity contribution is -0.123. The van der Waals surface area contributed by atoms with E-state index in [9.17, 15) is 13.2 Å². The number of halogens is 1. The second kappa shape index (κ2) is 8.98. The molecule has 1 aromatic rings. The number of rotatable bonds is 7. The number of amides is 1. The Labute approximate surface area is 155 Å². The van der Waals surface area contributed by atoms with Crippen molar-refractivity contribution in [3.05, 3.63) is 29.3 Å². The Morgan fingerprint density at radius 3 is 2.36 bits per heavy atom. The molecular weight excluding hydrogens is 362 g/mol. The summed E-state index contributed by atoms with van der Waals surface area (Å²) in [6.07, 6.45) is 1.99. The van der Waals surface area contributed by atoms with Gasteiger partial charge in [0.2, 0.25) is 15.9 Å². The number of nitrogens with zero attached hydrogens (tertiary/aromatic N) is 2. The van der Waals surface area contributed by atoms with Crippen molar-refractivity contribution in [2.75, 3.05) is 32.7 Å². The summed E-state index contributed by atoms with van der Waals surface area (Å²) in [5.41, 5.74) is 0. The van der Waals surface area contributed by atoms with Crippen LogP contribution in [0.15, 0.2) is 29.2 Å². The summed E-state index contributed by atoms with van der Waals surface area (Å²) in [7, 11) is -3.51. The van der Waals surface area contributed by atoms with Gasteiger partial charge in [0.05, 0.1) is 11.4 Å². The first-order chi connectivity index (χ1) is 11.8. The average molecular weight is 388 g/mol. The van der Waals surface area contributed by atoms with Crippen molar-refractivity contribution in [1.82, 2.24) is 14.5 Å². The molecule has 0 spiro atoms. The highest BCUT2D eigenvalue weighted by Crippen LogP contribution is 2.19. The van der Waals surface area contributed by atoms with Gasteiger partial charge in [-0.05, 0) is 37.6 Å². The predicted octanol–water partition coefficient (Wildman–Crippen LogP) is 1.95.